The van der Waals surface area contributed by atoms with Crippen molar-refractivity contribution >= 4 is 27.0 Å². The highest BCUT2D eigenvalue weighted by atomic mass is 32.2. The summed E-state index contributed by atoms with van der Waals surface area (Å²) in [7, 11) is -3.95. The molecule has 102 valence electrons. The van der Waals surface area contributed by atoms with E-state index in [0.29, 0.717) is 5.01 Å². The molecule has 0 saturated heterocycles. The molecule has 8 heteroatoms. The first kappa shape index (κ1) is 13.9. The standard InChI is InChI=1S/C11H12FN3O2S2/c1-7-4-8(13)5-9(11(7)12)19(16,17)15-6-10-14-2-3-18-10/h2-5,15H,6,13H2,1H3. The van der Waals surface area contributed by atoms with Gasteiger partial charge in [-0.15, -0.1) is 11.3 Å². The maximum Gasteiger partial charge on any atom is 0.243 e. The van der Waals surface area contributed by atoms with E-state index in [2.05, 4.69) is 9.71 Å². The molecule has 1 heterocycles. The molecule has 2 rings (SSSR count). The second-order valence-corrected chi connectivity index (χ2v) is 6.61. The van der Waals surface area contributed by atoms with Crippen molar-refractivity contribution in [3.63, 3.8) is 0 Å². The Balaban J connectivity index is 2.29. The van der Waals surface area contributed by atoms with Gasteiger partial charge >= 0.3 is 0 Å². The van der Waals surface area contributed by atoms with Crippen LogP contribution in [0.25, 0.3) is 0 Å². The molecule has 1 aromatic carbocycles. The number of nitrogens with two attached hydrogens (primary N) is 1. The molecule has 0 bridgehead atoms. The molecule has 2 aromatic rings. The summed E-state index contributed by atoms with van der Waals surface area (Å²) in [4.78, 5) is 3.50. The van der Waals surface area contributed by atoms with E-state index in [1.54, 1.807) is 11.6 Å². The predicted octanol–water partition coefficient (Wildman–Crippen LogP) is 1.65. The molecule has 0 saturated carbocycles. The van der Waals surface area contributed by atoms with E-state index in [1.165, 1.54) is 24.3 Å². The van der Waals surface area contributed by atoms with Crippen molar-refractivity contribution < 1.29 is 12.8 Å². The van der Waals surface area contributed by atoms with Crippen LogP contribution in [0.4, 0.5) is 10.1 Å². The van der Waals surface area contributed by atoms with E-state index in [0.717, 1.165) is 6.07 Å². The van der Waals surface area contributed by atoms with Crippen LogP contribution < -0.4 is 10.5 Å². The van der Waals surface area contributed by atoms with E-state index in [4.69, 9.17) is 5.73 Å². The average molecular weight is 301 g/mol. The third-order valence-electron chi connectivity index (χ3n) is 2.43. The molecule has 5 nitrogen and oxygen atoms in total. The number of nitrogens with zero attached hydrogens (tertiary/aromatic N) is 1. The average Bonchev–Trinajstić information content (AvgIpc) is 2.84. The molecule has 0 spiro atoms. The second kappa shape index (κ2) is 5.24. The van der Waals surface area contributed by atoms with Crippen LogP contribution in [0.2, 0.25) is 0 Å². The number of anilines is 1. The molecule has 19 heavy (non-hydrogen) atoms. The molecule has 0 unspecified atom stereocenters. The summed E-state index contributed by atoms with van der Waals surface area (Å²) >= 11 is 1.31. The van der Waals surface area contributed by atoms with Gasteiger partial charge in [-0.25, -0.2) is 22.5 Å². The molecule has 1 aromatic heterocycles. The van der Waals surface area contributed by atoms with Gasteiger partial charge in [0.05, 0.1) is 6.54 Å². The lowest BCUT2D eigenvalue weighted by Crippen LogP contribution is -2.24. The summed E-state index contributed by atoms with van der Waals surface area (Å²) in [6, 6.07) is 2.49. The van der Waals surface area contributed by atoms with Gasteiger partial charge in [0.1, 0.15) is 15.7 Å². The summed E-state index contributed by atoms with van der Waals surface area (Å²) in [6.07, 6.45) is 1.57. The summed E-state index contributed by atoms with van der Waals surface area (Å²) in [5.74, 6) is -0.791. The van der Waals surface area contributed by atoms with Crippen LogP contribution in [0.15, 0.2) is 28.6 Å². The van der Waals surface area contributed by atoms with Gasteiger partial charge in [0.15, 0.2) is 0 Å². The summed E-state index contributed by atoms with van der Waals surface area (Å²) in [6.45, 7) is 1.48. The highest BCUT2D eigenvalue weighted by molar-refractivity contribution is 7.89. The predicted molar refractivity (Wildman–Crippen MR) is 71.7 cm³/mol. The largest absolute Gasteiger partial charge is 0.399 e. The Kier molecular flexibility index (Phi) is 3.83. The summed E-state index contributed by atoms with van der Waals surface area (Å²) in [5, 5.41) is 2.33. The van der Waals surface area contributed by atoms with E-state index in [-0.39, 0.29) is 17.8 Å². The molecular formula is C11H12FN3O2S2. The fraction of sp³-hybridized carbons (Fsp3) is 0.182. The minimum Gasteiger partial charge on any atom is -0.399 e. The van der Waals surface area contributed by atoms with Crippen molar-refractivity contribution in [2.24, 2.45) is 0 Å². The first-order valence-electron chi connectivity index (χ1n) is 5.34. The highest BCUT2D eigenvalue weighted by Crippen LogP contribution is 2.21. The highest BCUT2D eigenvalue weighted by Gasteiger charge is 2.21. The zero-order valence-electron chi connectivity index (χ0n) is 10.1. The van der Waals surface area contributed by atoms with Crippen LogP contribution in [0.5, 0.6) is 0 Å². The summed E-state index contributed by atoms with van der Waals surface area (Å²) in [5.41, 5.74) is 5.94. The van der Waals surface area contributed by atoms with Crippen LogP contribution in [-0.2, 0) is 16.6 Å². The van der Waals surface area contributed by atoms with Crippen LogP contribution >= 0.6 is 11.3 Å². The first-order valence-corrected chi connectivity index (χ1v) is 7.70. The Bertz CT molecular complexity index is 684. The first-order chi connectivity index (χ1) is 8.90. The van der Waals surface area contributed by atoms with Crippen molar-refractivity contribution in [3.8, 4) is 0 Å². The zero-order valence-corrected chi connectivity index (χ0v) is 11.7. The van der Waals surface area contributed by atoms with Gasteiger partial charge in [-0.3, -0.25) is 0 Å². The number of nitrogens with one attached hydrogen (secondary N) is 1. The number of hydrogen-bond donors (Lipinski definition) is 2. The number of sulfonamides is 1. The number of aryl methyl sites for hydroxylation is 1. The van der Waals surface area contributed by atoms with E-state index in [1.807, 2.05) is 0 Å². The molecule has 0 atom stereocenters. The summed E-state index contributed by atoms with van der Waals surface area (Å²) < 4.78 is 40.2. The topological polar surface area (TPSA) is 85.1 Å². The van der Waals surface area contributed by atoms with Crippen LogP contribution in [0, 0.1) is 12.7 Å². The number of rotatable bonds is 4. The lowest BCUT2D eigenvalue weighted by atomic mass is 10.2. The van der Waals surface area contributed by atoms with E-state index in [9.17, 15) is 12.8 Å². The lowest BCUT2D eigenvalue weighted by molar-refractivity contribution is 0.553. The number of aromatic nitrogens is 1. The van der Waals surface area contributed by atoms with E-state index < -0.39 is 20.7 Å². The van der Waals surface area contributed by atoms with Gasteiger partial charge in [0.25, 0.3) is 0 Å². The van der Waals surface area contributed by atoms with Gasteiger partial charge in [-0.1, -0.05) is 0 Å². The number of hydrogen-bond acceptors (Lipinski definition) is 5. The van der Waals surface area contributed by atoms with E-state index >= 15 is 0 Å². The maximum atomic E-state index is 13.9. The number of nitrogen functional groups attached to an aromatic ring is 1. The molecule has 3 N–H and O–H groups in total. The Hall–Kier alpha value is -1.51. The minimum atomic E-state index is -3.95. The third kappa shape index (κ3) is 3.09. The lowest BCUT2D eigenvalue weighted by Gasteiger charge is -2.09. The third-order valence-corrected chi connectivity index (χ3v) is 4.61. The molecule has 0 aliphatic carbocycles. The molecule has 0 radical (unpaired) electrons. The smallest absolute Gasteiger partial charge is 0.243 e. The fourth-order valence-electron chi connectivity index (χ4n) is 1.53. The minimum absolute atomic E-state index is 0.0211. The number of halogens is 1. The van der Waals surface area contributed by atoms with Gasteiger partial charge in [-0.2, -0.15) is 0 Å². The van der Waals surface area contributed by atoms with Crippen LogP contribution in [-0.4, -0.2) is 13.4 Å². The van der Waals surface area contributed by atoms with Crippen LogP contribution in [0.3, 0.4) is 0 Å². The Labute approximate surface area is 114 Å². The van der Waals surface area contributed by atoms with Crippen molar-refractivity contribution in [1.82, 2.24) is 9.71 Å². The van der Waals surface area contributed by atoms with Gasteiger partial charge in [0.2, 0.25) is 10.0 Å². The van der Waals surface area contributed by atoms with Crippen LogP contribution in [0.1, 0.15) is 10.6 Å². The van der Waals surface area contributed by atoms with Gasteiger partial charge < -0.3 is 5.73 Å². The zero-order chi connectivity index (χ0) is 14.0. The van der Waals surface area contributed by atoms with Crippen molar-refractivity contribution in [2.45, 2.75) is 18.4 Å². The normalized spacial score (nSPS) is 11.7. The Morgan fingerprint density at radius 1 is 1.47 bits per heavy atom. The quantitative estimate of drug-likeness (QED) is 0.841. The number of thiazole rings is 1. The number of benzene rings is 1. The SMILES string of the molecule is Cc1cc(N)cc(S(=O)(=O)NCc2nccs2)c1F. The molecule has 0 aliphatic rings. The molecule has 0 aliphatic heterocycles. The van der Waals surface area contributed by atoms with Crippen molar-refractivity contribution in [1.29, 1.82) is 0 Å². The Morgan fingerprint density at radius 2 is 2.21 bits per heavy atom. The maximum absolute atomic E-state index is 13.9. The molecule has 0 fully saturated rings. The van der Waals surface area contributed by atoms with Crippen molar-refractivity contribution in [3.05, 3.63) is 40.1 Å². The monoisotopic (exact) mass is 301 g/mol. The van der Waals surface area contributed by atoms with Gasteiger partial charge in [-0.05, 0) is 24.6 Å². The fourth-order valence-corrected chi connectivity index (χ4v) is 3.35. The van der Waals surface area contributed by atoms with Crippen molar-refractivity contribution in [2.75, 3.05) is 5.73 Å². The molecule has 0 amide bonds. The Morgan fingerprint density at radius 3 is 2.84 bits per heavy atom. The van der Waals surface area contributed by atoms with Gasteiger partial charge in [0, 0.05) is 17.3 Å². The molecular weight excluding hydrogens is 289 g/mol. The second-order valence-electron chi connectivity index (χ2n) is 3.90.